The van der Waals surface area contributed by atoms with E-state index in [1.807, 2.05) is 0 Å². The number of hydrogen-bond acceptors (Lipinski definition) is 6. The number of rotatable bonds is 4. The van der Waals surface area contributed by atoms with Gasteiger partial charge >= 0.3 is 0 Å². The third-order valence-electron chi connectivity index (χ3n) is 8.83. The number of nitrogens with zero attached hydrogens (tertiary/aromatic N) is 3. The monoisotopic (exact) mass is 572 g/mol. The molecular formula is C36H52N4O2. The molecule has 0 aromatic heterocycles. The maximum absolute atomic E-state index is 6.38. The maximum Gasteiger partial charge on any atom is 0.0621 e. The molecule has 1 fully saturated rings. The Morgan fingerprint density at radius 1 is 0.714 bits per heavy atom. The summed E-state index contributed by atoms with van der Waals surface area (Å²) in [6.07, 6.45) is 13.8. The van der Waals surface area contributed by atoms with Gasteiger partial charge in [-0.1, -0.05) is 34.6 Å². The molecule has 0 amide bonds. The molecule has 8 bridgehead atoms. The predicted molar refractivity (Wildman–Crippen MR) is 175 cm³/mol. The Bertz CT molecular complexity index is 1410. The van der Waals surface area contributed by atoms with Gasteiger partial charge in [-0.05, 0) is 78.8 Å². The van der Waals surface area contributed by atoms with Crippen molar-refractivity contribution in [3.05, 3.63) is 58.9 Å². The molecule has 2 atom stereocenters. The Hall–Kier alpha value is -2.57. The molecule has 0 spiro atoms. The van der Waals surface area contributed by atoms with Crippen LogP contribution in [0.4, 0.5) is 0 Å². The van der Waals surface area contributed by atoms with Crippen LogP contribution in [0.3, 0.4) is 0 Å². The summed E-state index contributed by atoms with van der Waals surface area (Å²) < 4.78 is 12.7. The van der Waals surface area contributed by atoms with Crippen molar-refractivity contribution < 1.29 is 9.47 Å². The lowest BCUT2D eigenvalue weighted by Gasteiger charge is -2.29. The van der Waals surface area contributed by atoms with Gasteiger partial charge < -0.3 is 14.8 Å². The largest absolute Gasteiger partial charge is 0.375 e. The lowest BCUT2D eigenvalue weighted by Crippen LogP contribution is -2.33. The fraction of sp³-hybridized carbons (Fsp3) is 0.639. The first kappa shape index (κ1) is 30.9. The van der Waals surface area contributed by atoms with Gasteiger partial charge in [-0.2, -0.15) is 0 Å². The molecule has 0 aliphatic carbocycles. The summed E-state index contributed by atoms with van der Waals surface area (Å²) in [5.41, 5.74) is 7.43. The van der Waals surface area contributed by atoms with Crippen LogP contribution in [0.15, 0.2) is 73.8 Å². The van der Waals surface area contributed by atoms with Gasteiger partial charge in [0.15, 0.2) is 0 Å². The molecule has 5 rings (SSSR count). The van der Waals surface area contributed by atoms with Crippen molar-refractivity contribution in [1.82, 2.24) is 5.32 Å². The van der Waals surface area contributed by atoms with Crippen molar-refractivity contribution >= 4 is 17.1 Å². The molecule has 42 heavy (non-hydrogen) atoms. The second-order valence-electron chi connectivity index (χ2n) is 16.8. The number of allylic oxidation sites excluding steroid dienone is 7. The number of fused-ring (bicyclic) bond motifs is 5. The van der Waals surface area contributed by atoms with Crippen LogP contribution in [-0.2, 0) is 9.47 Å². The van der Waals surface area contributed by atoms with Gasteiger partial charge in [-0.3, -0.25) is 15.0 Å². The quantitative estimate of drug-likeness (QED) is 0.369. The Morgan fingerprint density at radius 2 is 1.38 bits per heavy atom. The zero-order chi connectivity index (χ0) is 30.9. The normalized spacial score (nSPS) is 32.5. The predicted octanol–water partition coefficient (Wildman–Crippen LogP) is 8.25. The van der Waals surface area contributed by atoms with Crippen LogP contribution >= 0.6 is 0 Å². The number of ether oxygens (including phenoxy) is 2. The Kier molecular flexibility index (Phi) is 7.34. The first-order valence-electron chi connectivity index (χ1n) is 15.5. The number of aliphatic imine (C=N–C) groups is 3. The van der Waals surface area contributed by atoms with Crippen LogP contribution in [0, 0.1) is 21.7 Å². The first-order valence-corrected chi connectivity index (χ1v) is 15.5. The highest BCUT2D eigenvalue weighted by Crippen LogP contribution is 2.45. The molecule has 6 heteroatoms. The van der Waals surface area contributed by atoms with E-state index in [4.69, 9.17) is 24.5 Å². The van der Waals surface area contributed by atoms with Crippen LogP contribution in [0.25, 0.3) is 0 Å². The van der Waals surface area contributed by atoms with Crippen LogP contribution in [0.1, 0.15) is 102 Å². The Labute approximate surface area is 253 Å². The summed E-state index contributed by atoms with van der Waals surface area (Å²) >= 11 is 0. The molecule has 0 aromatic rings. The molecular weight excluding hydrogens is 520 g/mol. The van der Waals surface area contributed by atoms with Crippen molar-refractivity contribution in [2.45, 2.75) is 114 Å². The highest BCUT2D eigenvalue weighted by molar-refractivity contribution is 6.06. The lowest BCUT2D eigenvalue weighted by molar-refractivity contribution is -0.0360. The van der Waals surface area contributed by atoms with E-state index in [2.05, 4.69) is 119 Å². The number of hydrogen-bond donors (Lipinski definition) is 1. The molecule has 6 nitrogen and oxygen atoms in total. The van der Waals surface area contributed by atoms with E-state index in [-0.39, 0.29) is 32.9 Å². The van der Waals surface area contributed by atoms with E-state index in [0.717, 1.165) is 53.5 Å². The second-order valence-corrected chi connectivity index (χ2v) is 16.8. The van der Waals surface area contributed by atoms with Gasteiger partial charge in [0.25, 0.3) is 0 Å². The summed E-state index contributed by atoms with van der Waals surface area (Å²) in [4.78, 5) is 15.6. The summed E-state index contributed by atoms with van der Waals surface area (Å²) in [6, 6.07) is 0. The van der Waals surface area contributed by atoms with E-state index >= 15 is 0 Å². The molecule has 5 aliphatic rings. The molecule has 1 saturated heterocycles. The molecule has 228 valence electrons. The standard InChI is InChI=1S/C36H52N4O2/c1-31(2,3)41-21-35(11)20-26-14-27-33(7,8)17-23(37-27)13-24-19-36(12,22-42-32(4,5)6)30(39-24)16-28-34(9,10)18-25(38-28)15-29(35)40-26/h13-16,19,40H,17-18,20-22H2,1-12H3/b23-13-,26-14-,28-16?,29-15?. The minimum Gasteiger partial charge on any atom is -0.375 e. The fourth-order valence-electron chi connectivity index (χ4n) is 6.17. The Morgan fingerprint density at radius 3 is 2.05 bits per heavy atom. The van der Waals surface area contributed by atoms with Crippen molar-refractivity contribution in [2.75, 3.05) is 13.2 Å². The molecule has 0 saturated carbocycles. The van der Waals surface area contributed by atoms with Gasteiger partial charge in [0.1, 0.15) is 0 Å². The summed E-state index contributed by atoms with van der Waals surface area (Å²) in [5.74, 6) is 0. The van der Waals surface area contributed by atoms with Gasteiger partial charge in [0.05, 0.1) is 41.2 Å². The smallest absolute Gasteiger partial charge is 0.0621 e. The van der Waals surface area contributed by atoms with E-state index in [0.29, 0.717) is 13.2 Å². The topological polar surface area (TPSA) is 67.6 Å². The molecule has 5 aliphatic heterocycles. The molecule has 5 heterocycles. The van der Waals surface area contributed by atoms with Gasteiger partial charge in [0.2, 0.25) is 0 Å². The summed E-state index contributed by atoms with van der Waals surface area (Å²) in [5, 5.41) is 3.79. The first-order chi connectivity index (χ1) is 19.1. The SMILES string of the molecule is CC(C)(C)OCC1(C)C=C2/C=C3/CC(C)(C)C(=N3)/C=C3/CC(C)(COC(C)(C)C)C(=CC4=NC(=CC1=N2)C(C)(C)C4)N3. The zero-order valence-electron chi connectivity index (χ0n) is 28.1. The van der Waals surface area contributed by atoms with Gasteiger partial charge in [0, 0.05) is 69.7 Å². The third-order valence-corrected chi connectivity index (χ3v) is 8.83. The minimum absolute atomic E-state index is 0.0707. The fourth-order valence-corrected chi connectivity index (χ4v) is 6.17. The van der Waals surface area contributed by atoms with Crippen molar-refractivity contribution in [1.29, 1.82) is 0 Å². The molecule has 1 N–H and O–H groups in total. The van der Waals surface area contributed by atoms with Gasteiger partial charge in [-0.15, -0.1) is 0 Å². The van der Waals surface area contributed by atoms with Crippen LogP contribution < -0.4 is 5.32 Å². The zero-order valence-corrected chi connectivity index (χ0v) is 28.1. The van der Waals surface area contributed by atoms with E-state index in [1.165, 1.54) is 11.4 Å². The van der Waals surface area contributed by atoms with Crippen LogP contribution in [0.5, 0.6) is 0 Å². The molecule has 0 radical (unpaired) electrons. The Balaban J connectivity index is 1.65. The van der Waals surface area contributed by atoms with Crippen molar-refractivity contribution in [3.63, 3.8) is 0 Å². The average molecular weight is 573 g/mol. The highest BCUT2D eigenvalue weighted by Gasteiger charge is 2.42. The number of nitrogens with one attached hydrogen (secondary N) is 1. The third kappa shape index (κ3) is 6.50. The average Bonchev–Trinajstić information content (AvgIpc) is 3.47. The van der Waals surface area contributed by atoms with E-state index < -0.39 is 0 Å². The minimum atomic E-state index is -0.362. The molecule has 0 aromatic carbocycles. The lowest BCUT2D eigenvalue weighted by atomic mass is 9.81. The summed E-state index contributed by atoms with van der Waals surface area (Å²) in [7, 11) is 0. The van der Waals surface area contributed by atoms with E-state index in [1.54, 1.807) is 0 Å². The van der Waals surface area contributed by atoms with Crippen molar-refractivity contribution in [3.8, 4) is 0 Å². The summed E-state index contributed by atoms with van der Waals surface area (Å²) in [6.45, 7) is 27.5. The van der Waals surface area contributed by atoms with Crippen LogP contribution in [-0.4, -0.2) is 41.6 Å². The van der Waals surface area contributed by atoms with Gasteiger partial charge in [-0.25, -0.2) is 0 Å². The van der Waals surface area contributed by atoms with Crippen molar-refractivity contribution in [2.24, 2.45) is 36.6 Å². The second kappa shape index (κ2) is 9.99. The highest BCUT2D eigenvalue weighted by atomic mass is 16.5. The molecule has 2 unspecified atom stereocenters. The van der Waals surface area contributed by atoms with E-state index in [9.17, 15) is 0 Å². The maximum atomic E-state index is 6.38. The van der Waals surface area contributed by atoms with Crippen LogP contribution in [0.2, 0.25) is 0 Å².